The van der Waals surface area contributed by atoms with Crippen molar-refractivity contribution in [3.63, 3.8) is 0 Å². The van der Waals surface area contributed by atoms with Crippen LogP contribution in [0.2, 0.25) is 0 Å². The molecule has 0 aliphatic carbocycles. The summed E-state index contributed by atoms with van der Waals surface area (Å²) >= 11 is 0. The maximum atomic E-state index is 15.0. The zero-order chi connectivity index (χ0) is 22.2. The topological polar surface area (TPSA) is 0 Å². The third kappa shape index (κ3) is 6.03. The molecule has 0 aliphatic rings. The summed E-state index contributed by atoms with van der Waals surface area (Å²) in [6.45, 7) is 6.24. The first-order valence-corrected chi connectivity index (χ1v) is 11.7. The van der Waals surface area contributed by atoms with Gasteiger partial charge in [0.2, 0.25) is 0 Å². The lowest BCUT2D eigenvalue weighted by atomic mass is 9.94. The summed E-state index contributed by atoms with van der Waals surface area (Å²) in [5.74, 6) is -1.44. The fraction of sp³-hybridized carbons (Fsp3) is 0.379. The second kappa shape index (κ2) is 11.2. The lowest BCUT2D eigenvalue weighted by molar-refractivity contribution is 0.499. The molecule has 0 N–H and O–H groups in total. The van der Waals surface area contributed by atoms with Crippen LogP contribution in [0.15, 0.2) is 54.6 Å². The highest BCUT2D eigenvalue weighted by Crippen LogP contribution is 2.30. The Hall–Kier alpha value is -2.48. The lowest BCUT2D eigenvalue weighted by Gasteiger charge is -2.13. The number of unbranched alkanes of at least 4 members (excludes halogenated alkanes) is 2. The van der Waals surface area contributed by atoms with Crippen molar-refractivity contribution in [2.24, 2.45) is 0 Å². The molecule has 0 unspecified atom stereocenters. The molecular formula is C29H34F2. The molecule has 0 fully saturated rings. The molecule has 0 nitrogen and oxygen atoms in total. The molecule has 0 bridgehead atoms. The van der Waals surface area contributed by atoms with Gasteiger partial charge in [0.1, 0.15) is 0 Å². The van der Waals surface area contributed by atoms with E-state index in [2.05, 4.69) is 38.1 Å². The van der Waals surface area contributed by atoms with Crippen LogP contribution < -0.4 is 0 Å². The Morgan fingerprint density at radius 1 is 0.613 bits per heavy atom. The van der Waals surface area contributed by atoms with E-state index < -0.39 is 11.6 Å². The standard InChI is InChI=1S/C29H34F2/c1-4-6-7-9-23-14-17-25(18-15-23)27-20-21(3)26(28(30)29(27)31)19-16-24-12-10-22(8-5-2)11-13-24/h10-15,17-18,20H,4-9,16,19H2,1-3H3. The third-order valence-electron chi connectivity index (χ3n) is 6.09. The molecule has 31 heavy (non-hydrogen) atoms. The zero-order valence-corrected chi connectivity index (χ0v) is 19.1. The average molecular weight is 421 g/mol. The monoisotopic (exact) mass is 420 g/mol. The Labute approximate surface area is 186 Å². The van der Waals surface area contributed by atoms with Crippen LogP contribution in [0.1, 0.15) is 67.3 Å². The Kier molecular flexibility index (Phi) is 8.40. The Morgan fingerprint density at radius 3 is 1.81 bits per heavy atom. The van der Waals surface area contributed by atoms with Gasteiger partial charge in [0.15, 0.2) is 11.6 Å². The van der Waals surface area contributed by atoms with E-state index in [1.54, 1.807) is 6.07 Å². The van der Waals surface area contributed by atoms with Crippen LogP contribution in [0.4, 0.5) is 8.78 Å². The summed E-state index contributed by atoms with van der Waals surface area (Å²) in [5.41, 5.74) is 6.09. The summed E-state index contributed by atoms with van der Waals surface area (Å²) in [6, 6.07) is 18.2. The summed E-state index contributed by atoms with van der Waals surface area (Å²) in [6.07, 6.45) is 7.99. The number of benzene rings is 3. The van der Waals surface area contributed by atoms with E-state index in [4.69, 9.17) is 0 Å². The molecular weight excluding hydrogens is 386 g/mol. The predicted octanol–water partition coefficient (Wildman–Crippen LogP) is 8.41. The van der Waals surface area contributed by atoms with Crippen molar-refractivity contribution < 1.29 is 8.78 Å². The molecule has 0 saturated carbocycles. The maximum absolute atomic E-state index is 15.0. The van der Waals surface area contributed by atoms with Gasteiger partial charge in [-0.25, -0.2) is 8.78 Å². The number of halogens is 2. The molecule has 3 aromatic rings. The lowest BCUT2D eigenvalue weighted by Crippen LogP contribution is -2.03. The van der Waals surface area contributed by atoms with E-state index in [1.165, 1.54) is 24.0 Å². The Balaban J connectivity index is 1.74. The first-order valence-electron chi connectivity index (χ1n) is 11.7. The molecule has 0 radical (unpaired) electrons. The molecule has 0 saturated heterocycles. The quantitative estimate of drug-likeness (QED) is 0.289. The van der Waals surface area contributed by atoms with Gasteiger partial charge < -0.3 is 0 Å². The average Bonchev–Trinajstić information content (AvgIpc) is 2.78. The highest BCUT2D eigenvalue weighted by Gasteiger charge is 2.17. The first kappa shape index (κ1) is 23.2. The fourth-order valence-electron chi connectivity index (χ4n) is 4.17. The molecule has 0 atom stereocenters. The predicted molar refractivity (Wildman–Crippen MR) is 128 cm³/mol. The van der Waals surface area contributed by atoms with Crippen molar-refractivity contribution in [1.29, 1.82) is 0 Å². The van der Waals surface area contributed by atoms with Gasteiger partial charge in [0, 0.05) is 5.56 Å². The second-order valence-corrected chi connectivity index (χ2v) is 8.57. The van der Waals surface area contributed by atoms with Gasteiger partial charge in [-0.2, -0.15) is 0 Å². The van der Waals surface area contributed by atoms with E-state index in [0.717, 1.165) is 42.4 Å². The van der Waals surface area contributed by atoms with E-state index >= 15 is 0 Å². The maximum Gasteiger partial charge on any atom is 0.166 e. The molecule has 2 heteroatoms. The number of aryl methyl sites for hydroxylation is 4. The molecule has 0 aliphatic heterocycles. The second-order valence-electron chi connectivity index (χ2n) is 8.57. The molecule has 0 amide bonds. The molecule has 0 spiro atoms. The van der Waals surface area contributed by atoms with Gasteiger partial charge in [0.05, 0.1) is 0 Å². The number of hydrogen-bond acceptors (Lipinski definition) is 0. The summed E-state index contributed by atoms with van der Waals surface area (Å²) in [7, 11) is 0. The Morgan fingerprint density at radius 2 is 1.19 bits per heavy atom. The number of hydrogen-bond donors (Lipinski definition) is 0. The van der Waals surface area contributed by atoms with Gasteiger partial charge >= 0.3 is 0 Å². The van der Waals surface area contributed by atoms with Crippen molar-refractivity contribution >= 4 is 0 Å². The van der Waals surface area contributed by atoms with Gasteiger partial charge in [-0.1, -0.05) is 81.6 Å². The van der Waals surface area contributed by atoms with Crippen LogP contribution in [0.5, 0.6) is 0 Å². The minimum atomic E-state index is -0.738. The van der Waals surface area contributed by atoms with E-state index in [0.29, 0.717) is 24.0 Å². The zero-order valence-electron chi connectivity index (χ0n) is 19.1. The van der Waals surface area contributed by atoms with Crippen LogP contribution in [-0.2, 0) is 25.7 Å². The van der Waals surface area contributed by atoms with Crippen molar-refractivity contribution in [3.05, 3.63) is 94.0 Å². The van der Waals surface area contributed by atoms with Crippen molar-refractivity contribution in [1.82, 2.24) is 0 Å². The van der Waals surface area contributed by atoms with E-state index in [9.17, 15) is 8.78 Å². The summed E-state index contributed by atoms with van der Waals surface area (Å²) in [5, 5.41) is 0. The molecule has 3 rings (SSSR count). The van der Waals surface area contributed by atoms with Crippen LogP contribution in [-0.4, -0.2) is 0 Å². The minimum Gasteiger partial charge on any atom is -0.203 e. The molecule has 164 valence electrons. The van der Waals surface area contributed by atoms with Crippen LogP contribution in [0, 0.1) is 18.6 Å². The van der Waals surface area contributed by atoms with Crippen molar-refractivity contribution in [2.75, 3.05) is 0 Å². The first-order chi connectivity index (χ1) is 15.0. The largest absolute Gasteiger partial charge is 0.203 e. The SMILES string of the molecule is CCCCCc1ccc(-c2cc(C)c(CCc3ccc(CCC)cc3)c(F)c2F)cc1. The van der Waals surface area contributed by atoms with Crippen molar-refractivity contribution in [3.8, 4) is 11.1 Å². The van der Waals surface area contributed by atoms with Crippen LogP contribution in [0.3, 0.4) is 0 Å². The van der Waals surface area contributed by atoms with Crippen LogP contribution in [0.25, 0.3) is 11.1 Å². The third-order valence-corrected chi connectivity index (χ3v) is 6.09. The fourth-order valence-corrected chi connectivity index (χ4v) is 4.17. The van der Waals surface area contributed by atoms with Crippen molar-refractivity contribution in [2.45, 2.75) is 72.1 Å². The summed E-state index contributed by atoms with van der Waals surface area (Å²) < 4.78 is 30.0. The molecule has 0 heterocycles. The van der Waals surface area contributed by atoms with E-state index in [-0.39, 0.29) is 0 Å². The Bertz CT molecular complexity index is 969. The highest BCUT2D eigenvalue weighted by molar-refractivity contribution is 5.66. The van der Waals surface area contributed by atoms with Gasteiger partial charge in [0.25, 0.3) is 0 Å². The normalized spacial score (nSPS) is 11.1. The minimum absolute atomic E-state index is 0.350. The summed E-state index contributed by atoms with van der Waals surface area (Å²) in [4.78, 5) is 0. The van der Waals surface area contributed by atoms with Gasteiger partial charge in [-0.3, -0.25) is 0 Å². The molecule has 0 aromatic heterocycles. The van der Waals surface area contributed by atoms with Crippen LogP contribution >= 0.6 is 0 Å². The molecule has 3 aromatic carbocycles. The van der Waals surface area contributed by atoms with Gasteiger partial charge in [-0.05, 0) is 78.5 Å². The van der Waals surface area contributed by atoms with Gasteiger partial charge in [-0.15, -0.1) is 0 Å². The highest BCUT2D eigenvalue weighted by atomic mass is 19.2. The smallest absolute Gasteiger partial charge is 0.166 e. The number of rotatable bonds is 10. The van der Waals surface area contributed by atoms with E-state index in [1.807, 2.05) is 31.2 Å².